The minimum atomic E-state index is -0.452. The average Bonchev–Trinajstić information content (AvgIpc) is 2.39. The summed E-state index contributed by atoms with van der Waals surface area (Å²) in [7, 11) is 0. The lowest BCUT2D eigenvalue weighted by Gasteiger charge is -2.17. The van der Waals surface area contributed by atoms with E-state index in [0.717, 1.165) is 12.8 Å². The van der Waals surface area contributed by atoms with Crippen molar-refractivity contribution in [2.24, 2.45) is 5.92 Å². The molecule has 0 amide bonds. The Hall–Kier alpha value is -1.49. The van der Waals surface area contributed by atoms with Crippen LogP contribution in [0.2, 0.25) is 0 Å². The monoisotopic (exact) mass is 270 g/mol. The Bertz CT molecular complexity index is 399. The Balaban J connectivity index is 2.74. The number of aliphatic hydroxyl groups excluding tert-OH is 1. The van der Waals surface area contributed by atoms with Crippen LogP contribution >= 0.6 is 0 Å². The maximum atomic E-state index is 13.5. The van der Waals surface area contributed by atoms with Crippen molar-refractivity contribution in [3.8, 4) is 5.75 Å². The van der Waals surface area contributed by atoms with E-state index in [1.807, 2.05) is 0 Å². The normalized spacial score (nSPS) is 12.2. The van der Waals surface area contributed by atoms with Crippen LogP contribution in [0, 0.1) is 11.7 Å². The first-order valence-electron chi connectivity index (χ1n) is 6.68. The predicted molar refractivity (Wildman–Crippen MR) is 76.0 cm³/mol. The van der Waals surface area contributed by atoms with Crippen LogP contribution in [-0.4, -0.2) is 24.9 Å². The molecule has 0 saturated carbocycles. The van der Waals surface area contributed by atoms with Crippen LogP contribution in [0.15, 0.2) is 12.1 Å². The third-order valence-electron chi connectivity index (χ3n) is 3.10. The average molecular weight is 270 g/mol. The molecule has 1 atom stereocenters. The number of aliphatic hydroxyl groups is 1. The van der Waals surface area contributed by atoms with Crippen LogP contribution in [0.4, 0.5) is 15.8 Å². The SMILES string of the molecule is CCOc1cc(NCC(CC)CCO)c(N)cc1F. The molecule has 1 aromatic carbocycles. The summed E-state index contributed by atoms with van der Waals surface area (Å²) >= 11 is 0. The maximum absolute atomic E-state index is 13.5. The van der Waals surface area contributed by atoms with Crippen molar-refractivity contribution in [2.45, 2.75) is 26.7 Å². The molecule has 1 rings (SSSR count). The van der Waals surface area contributed by atoms with E-state index < -0.39 is 5.82 Å². The zero-order valence-corrected chi connectivity index (χ0v) is 11.6. The summed E-state index contributed by atoms with van der Waals surface area (Å²) in [6.07, 6.45) is 1.70. The van der Waals surface area contributed by atoms with Crippen molar-refractivity contribution in [1.29, 1.82) is 0 Å². The van der Waals surface area contributed by atoms with Gasteiger partial charge in [0.1, 0.15) is 0 Å². The molecule has 5 heteroatoms. The number of nitrogen functional groups attached to an aromatic ring is 1. The molecule has 108 valence electrons. The lowest BCUT2D eigenvalue weighted by atomic mass is 10.0. The molecule has 0 fully saturated rings. The Kier molecular flexibility index (Phi) is 6.42. The second-order valence-corrected chi connectivity index (χ2v) is 4.47. The van der Waals surface area contributed by atoms with Gasteiger partial charge in [0.25, 0.3) is 0 Å². The molecule has 4 N–H and O–H groups in total. The zero-order valence-electron chi connectivity index (χ0n) is 11.6. The van der Waals surface area contributed by atoms with Crippen LogP contribution in [0.3, 0.4) is 0 Å². The minimum Gasteiger partial charge on any atom is -0.491 e. The van der Waals surface area contributed by atoms with Gasteiger partial charge in [-0.25, -0.2) is 4.39 Å². The van der Waals surface area contributed by atoms with Gasteiger partial charge in [0.2, 0.25) is 0 Å². The van der Waals surface area contributed by atoms with E-state index in [1.165, 1.54) is 6.07 Å². The Morgan fingerprint density at radius 1 is 1.42 bits per heavy atom. The van der Waals surface area contributed by atoms with E-state index in [9.17, 15) is 4.39 Å². The van der Waals surface area contributed by atoms with Gasteiger partial charge in [-0.2, -0.15) is 0 Å². The molecule has 0 spiro atoms. The van der Waals surface area contributed by atoms with E-state index in [-0.39, 0.29) is 12.4 Å². The molecule has 19 heavy (non-hydrogen) atoms. The van der Waals surface area contributed by atoms with Crippen LogP contribution in [-0.2, 0) is 0 Å². The summed E-state index contributed by atoms with van der Waals surface area (Å²) in [4.78, 5) is 0. The summed E-state index contributed by atoms with van der Waals surface area (Å²) < 4.78 is 18.7. The number of benzene rings is 1. The van der Waals surface area contributed by atoms with Gasteiger partial charge >= 0.3 is 0 Å². The molecule has 0 bridgehead atoms. The fourth-order valence-corrected chi connectivity index (χ4v) is 1.88. The van der Waals surface area contributed by atoms with Gasteiger partial charge in [-0.15, -0.1) is 0 Å². The van der Waals surface area contributed by atoms with Crippen molar-refractivity contribution >= 4 is 11.4 Å². The predicted octanol–water partition coefficient (Wildman–Crippen LogP) is 2.63. The van der Waals surface area contributed by atoms with Crippen molar-refractivity contribution < 1.29 is 14.2 Å². The van der Waals surface area contributed by atoms with Crippen LogP contribution in [0.25, 0.3) is 0 Å². The Morgan fingerprint density at radius 3 is 2.74 bits per heavy atom. The summed E-state index contributed by atoms with van der Waals surface area (Å²) in [5.41, 5.74) is 6.81. The molecular formula is C14H23FN2O2. The number of nitrogens with one attached hydrogen (secondary N) is 1. The summed E-state index contributed by atoms with van der Waals surface area (Å²) in [6.45, 7) is 5.14. The number of halogens is 1. The van der Waals surface area contributed by atoms with E-state index >= 15 is 0 Å². The van der Waals surface area contributed by atoms with Gasteiger partial charge in [0.05, 0.1) is 18.0 Å². The van der Waals surface area contributed by atoms with E-state index in [1.54, 1.807) is 13.0 Å². The van der Waals surface area contributed by atoms with E-state index in [0.29, 0.717) is 30.4 Å². The van der Waals surface area contributed by atoms with E-state index in [2.05, 4.69) is 12.2 Å². The highest BCUT2D eigenvalue weighted by atomic mass is 19.1. The van der Waals surface area contributed by atoms with Crippen LogP contribution in [0.1, 0.15) is 26.7 Å². The van der Waals surface area contributed by atoms with Gasteiger partial charge in [-0.05, 0) is 19.3 Å². The highest BCUT2D eigenvalue weighted by Gasteiger charge is 2.11. The lowest BCUT2D eigenvalue weighted by Crippen LogP contribution is -2.16. The molecule has 0 radical (unpaired) electrons. The molecule has 0 aliphatic carbocycles. The molecule has 1 aromatic rings. The fraction of sp³-hybridized carbons (Fsp3) is 0.571. The molecule has 0 aliphatic rings. The largest absolute Gasteiger partial charge is 0.491 e. The molecule has 0 aromatic heterocycles. The first kappa shape index (κ1) is 15.6. The number of hydrogen-bond donors (Lipinski definition) is 3. The van der Waals surface area contributed by atoms with Gasteiger partial charge in [-0.1, -0.05) is 13.3 Å². The van der Waals surface area contributed by atoms with E-state index in [4.69, 9.17) is 15.6 Å². The number of hydrogen-bond acceptors (Lipinski definition) is 4. The van der Waals surface area contributed by atoms with Gasteiger partial charge in [-0.3, -0.25) is 0 Å². The third kappa shape index (κ3) is 4.59. The van der Waals surface area contributed by atoms with Gasteiger partial charge in [0, 0.05) is 25.3 Å². The number of ether oxygens (including phenoxy) is 1. The van der Waals surface area contributed by atoms with Crippen molar-refractivity contribution in [3.63, 3.8) is 0 Å². The maximum Gasteiger partial charge on any atom is 0.167 e. The smallest absolute Gasteiger partial charge is 0.167 e. The third-order valence-corrected chi connectivity index (χ3v) is 3.10. The van der Waals surface area contributed by atoms with Crippen molar-refractivity contribution in [3.05, 3.63) is 17.9 Å². The highest BCUT2D eigenvalue weighted by Crippen LogP contribution is 2.28. The van der Waals surface area contributed by atoms with Crippen LogP contribution in [0.5, 0.6) is 5.75 Å². The standard InChI is InChI=1S/C14H23FN2O2/c1-3-10(5-6-18)9-17-13-8-14(19-4-2)11(15)7-12(13)16/h7-8,10,17-18H,3-6,9,16H2,1-2H3. The first-order chi connectivity index (χ1) is 9.12. The van der Waals surface area contributed by atoms with Crippen molar-refractivity contribution in [2.75, 3.05) is 30.8 Å². The molecule has 0 heterocycles. The molecule has 1 unspecified atom stereocenters. The molecular weight excluding hydrogens is 247 g/mol. The van der Waals surface area contributed by atoms with Gasteiger partial charge < -0.3 is 20.9 Å². The zero-order chi connectivity index (χ0) is 14.3. The number of rotatable bonds is 8. The minimum absolute atomic E-state index is 0.170. The van der Waals surface area contributed by atoms with Gasteiger partial charge in [0.15, 0.2) is 11.6 Å². The summed E-state index contributed by atoms with van der Waals surface area (Å²) in [5.74, 6) is 0.117. The quantitative estimate of drug-likeness (QED) is 0.635. The van der Waals surface area contributed by atoms with Crippen molar-refractivity contribution in [1.82, 2.24) is 0 Å². The Morgan fingerprint density at radius 2 is 2.16 bits per heavy atom. The fourth-order valence-electron chi connectivity index (χ4n) is 1.88. The van der Waals surface area contributed by atoms with Crippen LogP contribution < -0.4 is 15.8 Å². The second-order valence-electron chi connectivity index (χ2n) is 4.47. The number of anilines is 2. The highest BCUT2D eigenvalue weighted by molar-refractivity contribution is 5.68. The number of nitrogens with two attached hydrogens (primary N) is 1. The molecule has 4 nitrogen and oxygen atoms in total. The summed E-state index contributed by atoms with van der Waals surface area (Å²) in [6, 6.07) is 2.85. The topological polar surface area (TPSA) is 67.5 Å². The lowest BCUT2D eigenvalue weighted by molar-refractivity contribution is 0.258. The summed E-state index contributed by atoms with van der Waals surface area (Å²) in [5, 5.41) is 12.1. The second kappa shape index (κ2) is 7.84. The first-order valence-corrected chi connectivity index (χ1v) is 6.68. The molecule has 0 saturated heterocycles. The Labute approximate surface area is 113 Å². The molecule has 0 aliphatic heterocycles.